The minimum atomic E-state index is -3.68. The van der Waals surface area contributed by atoms with Gasteiger partial charge in [0, 0.05) is 35.7 Å². The highest BCUT2D eigenvalue weighted by molar-refractivity contribution is 7.89. The average molecular weight is 457 g/mol. The van der Waals surface area contributed by atoms with Gasteiger partial charge in [0.25, 0.3) is 5.91 Å². The molecule has 1 saturated heterocycles. The summed E-state index contributed by atoms with van der Waals surface area (Å²) in [6.07, 6.45) is 0. The molecule has 1 aliphatic rings. The molecular weight excluding hydrogens is 435 g/mol. The van der Waals surface area contributed by atoms with Crippen molar-refractivity contribution >= 4 is 39.1 Å². The number of hydrogen-bond acceptors (Lipinski definition) is 4. The van der Waals surface area contributed by atoms with Crippen LogP contribution in [0.15, 0.2) is 47.4 Å². The number of rotatable bonds is 5. The van der Waals surface area contributed by atoms with E-state index in [-0.39, 0.29) is 16.8 Å². The lowest BCUT2D eigenvalue weighted by Crippen LogP contribution is -2.40. The first-order chi connectivity index (χ1) is 13.7. The molecule has 156 valence electrons. The minimum Gasteiger partial charge on any atom is -0.379 e. The van der Waals surface area contributed by atoms with Gasteiger partial charge in [0.2, 0.25) is 10.0 Å². The number of sulfonamides is 1. The van der Waals surface area contributed by atoms with Crippen LogP contribution in [0.25, 0.3) is 0 Å². The van der Waals surface area contributed by atoms with Crippen LogP contribution in [0.2, 0.25) is 10.0 Å². The number of morpholine rings is 1. The molecule has 1 heterocycles. The van der Waals surface area contributed by atoms with Crippen LogP contribution in [0.5, 0.6) is 0 Å². The molecule has 0 radical (unpaired) electrons. The molecule has 0 saturated carbocycles. The maximum atomic E-state index is 13.0. The fourth-order valence-corrected chi connectivity index (χ4v) is 5.17. The van der Waals surface area contributed by atoms with Gasteiger partial charge in [-0.05, 0) is 42.8 Å². The van der Waals surface area contributed by atoms with Crippen molar-refractivity contribution in [2.45, 2.75) is 17.9 Å². The smallest absolute Gasteiger partial charge is 0.254 e. The lowest BCUT2D eigenvalue weighted by molar-refractivity contribution is 0.0728. The lowest BCUT2D eigenvalue weighted by atomic mass is 10.1. The van der Waals surface area contributed by atoms with Crippen molar-refractivity contribution in [1.82, 2.24) is 9.21 Å². The maximum absolute atomic E-state index is 13.0. The zero-order valence-electron chi connectivity index (χ0n) is 16.1. The molecule has 0 aliphatic carbocycles. The zero-order valence-corrected chi connectivity index (χ0v) is 18.5. The molecule has 6 nitrogen and oxygen atoms in total. The van der Waals surface area contributed by atoms with Crippen LogP contribution in [-0.4, -0.2) is 56.9 Å². The number of nitrogens with zero attached hydrogens (tertiary/aromatic N) is 2. The van der Waals surface area contributed by atoms with Gasteiger partial charge in [0.1, 0.15) is 0 Å². The van der Waals surface area contributed by atoms with Crippen molar-refractivity contribution in [1.29, 1.82) is 0 Å². The molecule has 0 spiro atoms. The fraction of sp³-hybridized carbons (Fsp3) is 0.350. The van der Waals surface area contributed by atoms with E-state index < -0.39 is 10.0 Å². The summed E-state index contributed by atoms with van der Waals surface area (Å²) in [6.45, 7) is 3.17. The van der Waals surface area contributed by atoms with Crippen LogP contribution in [-0.2, 0) is 14.8 Å². The van der Waals surface area contributed by atoms with Gasteiger partial charge in [-0.3, -0.25) is 4.79 Å². The maximum Gasteiger partial charge on any atom is 0.254 e. The molecule has 1 unspecified atom stereocenters. The summed E-state index contributed by atoms with van der Waals surface area (Å²) in [5, 5.41) is 0.981. The Bertz CT molecular complexity index is 1010. The molecule has 0 aromatic heterocycles. The van der Waals surface area contributed by atoms with E-state index in [2.05, 4.69) is 0 Å². The SMILES string of the molecule is CC(c1ccc(Cl)cc1Cl)N(C)C(=O)c1cccc(S(=O)(=O)N2CCOCC2)c1. The summed E-state index contributed by atoms with van der Waals surface area (Å²) in [7, 11) is -2.03. The van der Waals surface area contributed by atoms with Crippen LogP contribution in [0.4, 0.5) is 0 Å². The van der Waals surface area contributed by atoms with Crippen molar-refractivity contribution in [3.05, 3.63) is 63.6 Å². The molecule has 9 heteroatoms. The Morgan fingerprint density at radius 2 is 1.83 bits per heavy atom. The van der Waals surface area contributed by atoms with Gasteiger partial charge in [0.05, 0.1) is 24.2 Å². The van der Waals surface area contributed by atoms with E-state index in [0.717, 1.165) is 5.56 Å². The Morgan fingerprint density at radius 1 is 1.14 bits per heavy atom. The second kappa shape index (κ2) is 9.02. The molecule has 1 atom stereocenters. The first kappa shape index (κ1) is 22.1. The number of hydrogen-bond donors (Lipinski definition) is 0. The minimum absolute atomic E-state index is 0.0934. The van der Waals surface area contributed by atoms with E-state index in [1.807, 2.05) is 6.92 Å². The topological polar surface area (TPSA) is 66.9 Å². The molecule has 2 aromatic carbocycles. The second-order valence-corrected chi connectivity index (χ2v) is 9.58. The van der Waals surface area contributed by atoms with Gasteiger partial charge in [-0.25, -0.2) is 8.42 Å². The number of halogens is 2. The summed E-state index contributed by atoms with van der Waals surface area (Å²) in [5.74, 6) is -0.303. The van der Waals surface area contributed by atoms with E-state index in [1.54, 1.807) is 37.4 Å². The summed E-state index contributed by atoms with van der Waals surface area (Å²) in [5.41, 5.74) is 1.04. The highest BCUT2D eigenvalue weighted by atomic mass is 35.5. The number of ether oxygens (including phenoxy) is 1. The monoisotopic (exact) mass is 456 g/mol. The largest absolute Gasteiger partial charge is 0.379 e. The highest BCUT2D eigenvalue weighted by Crippen LogP contribution is 2.30. The normalized spacial score (nSPS) is 16.4. The Labute approximate surface area is 181 Å². The molecule has 3 rings (SSSR count). The van der Waals surface area contributed by atoms with E-state index in [0.29, 0.717) is 41.9 Å². The van der Waals surface area contributed by atoms with Crippen molar-refractivity contribution in [3.63, 3.8) is 0 Å². The average Bonchev–Trinajstić information content (AvgIpc) is 2.73. The van der Waals surface area contributed by atoms with E-state index >= 15 is 0 Å². The zero-order chi connectivity index (χ0) is 21.2. The predicted octanol–water partition coefficient (Wildman–Crippen LogP) is 3.85. The van der Waals surface area contributed by atoms with Crippen molar-refractivity contribution in [3.8, 4) is 0 Å². The molecule has 1 amide bonds. The van der Waals surface area contributed by atoms with Crippen molar-refractivity contribution < 1.29 is 17.9 Å². The first-order valence-corrected chi connectivity index (χ1v) is 11.3. The Hall–Kier alpha value is -1.64. The van der Waals surface area contributed by atoms with E-state index in [9.17, 15) is 13.2 Å². The van der Waals surface area contributed by atoms with Gasteiger partial charge >= 0.3 is 0 Å². The fourth-order valence-electron chi connectivity index (χ4n) is 3.15. The summed E-state index contributed by atoms with van der Waals surface area (Å²) in [6, 6.07) is 10.9. The number of carbonyl (C=O) groups excluding carboxylic acids is 1. The van der Waals surface area contributed by atoms with Crippen LogP contribution >= 0.6 is 23.2 Å². The summed E-state index contributed by atoms with van der Waals surface area (Å²) in [4.78, 5) is 14.6. The van der Waals surface area contributed by atoms with Gasteiger partial charge in [-0.15, -0.1) is 0 Å². The third kappa shape index (κ3) is 4.75. The second-order valence-electron chi connectivity index (χ2n) is 6.80. The molecule has 1 aliphatic heterocycles. The van der Waals surface area contributed by atoms with Crippen molar-refractivity contribution in [2.75, 3.05) is 33.4 Å². The van der Waals surface area contributed by atoms with E-state index in [4.69, 9.17) is 27.9 Å². The predicted molar refractivity (Wildman–Crippen MR) is 113 cm³/mol. The third-order valence-corrected chi connectivity index (χ3v) is 7.46. The van der Waals surface area contributed by atoms with Crippen molar-refractivity contribution in [2.24, 2.45) is 0 Å². The molecule has 2 aromatic rings. The Balaban J connectivity index is 1.85. The first-order valence-electron chi connectivity index (χ1n) is 9.12. The summed E-state index contributed by atoms with van der Waals surface area (Å²) >= 11 is 12.2. The highest BCUT2D eigenvalue weighted by Gasteiger charge is 2.28. The van der Waals surface area contributed by atoms with Crippen LogP contribution in [0, 0.1) is 0 Å². The standard InChI is InChI=1S/C20H22Cl2N2O4S/c1-14(18-7-6-16(21)13-19(18)22)23(2)20(25)15-4-3-5-17(12-15)29(26,27)24-8-10-28-11-9-24/h3-7,12-14H,8-11H2,1-2H3. The summed E-state index contributed by atoms with van der Waals surface area (Å²) < 4.78 is 32.4. The molecular formula is C20H22Cl2N2O4S. The number of carbonyl (C=O) groups is 1. The van der Waals surface area contributed by atoms with E-state index in [1.165, 1.54) is 21.3 Å². The molecule has 29 heavy (non-hydrogen) atoms. The number of benzene rings is 2. The molecule has 0 bridgehead atoms. The number of amides is 1. The Kier molecular flexibility index (Phi) is 6.86. The quantitative estimate of drug-likeness (QED) is 0.684. The van der Waals surface area contributed by atoms with Gasteiger partial charge in [-0.1, -0.05) is 35.3 Å². The lowest BCUT2D eigenvalue weighted by Gasteiger charge is -2.27. The van der Waals surface area contributed by atoms with Crippen LogP contribution in [0.1, 0.15) is 28.9 Å². The van der Waals surface area contributed by atoms with Gasteiger partial charge in [-0.2, -0.15) is 4.31 Å². The van der Waals surface area contributed by atoms with Gasteiger partial charge < -0.3 is 9.64 Å². The van der Waals surface area contributed by atoms with Crippen LogP contribution < -0.4 is 0 Å². The molecule has 0 N–H and O–H groups in total. The van der Waals surface area contributed by atoms with Crippen LogP contribution in [0.3, 0.4) is 0 Å². The van der Waals surface area contributed by atoms with Gasteiger partial charge in [0.15, 0.2) is 0 Å². The Morgan fingerprint density at radius 3 is 2.48 bits per heavy atom. The third-order valence-electron chi connectivity index (χ3n) is 5.00. The molecule has 1 fully saturated rings.